The summed E-state index contributed by atoms with van der Waals surface area (Å²) in [6.07, 6.45) is 4.41. The van der Waals surface area contributed by atoms with Crippen LogP contribution in [0.1, 0.15) is 41.3 Å². The average molecular weight is 481 g/mol. The van der Waals surface area contributed by atoms with Crippen LogP contribution in [0.4, 0.5) is 5.69 Å². The molecule has 1 N–H and O–H groups in total. The van der Waals surface area contributed by atoms with Crippen molar-refractivity contribution >= 4 is 21.6 Å². The van der Waals surface area contributed by atoms with Gasteiger partial charge in [0.05, 0.1) is 25.0 Å². The van der Waals surface area contributed by atoms with Crippen molar-refractivity contribution in [2.24, 2.45) is 0 Å². The first-order valence-electron chi connectivity index (χ1n) is 11.5. The van der Waals surface area contributed by atoms with Crippen molar-refractivity contribution in [3.63, 3.8) is 0 Å². The van der Waals surface area contributed by atoms with Gasteiger partial charge in [0.15, 0.2) is 0 Å². The molecule has 0 atom stereocenters. The molecule has 1 amide bonds. The molecule has 6 nitrogen and oxygen atoms in total. The van der Waals surface area contributed by atoms with Gasteiger partial charge in [-0.2, -0.15) is 0 Å². The lowest BCUT2D eigenvalue weighted by molar-refractivity contribution is 0.0947. The topological polar surface area (TPSA) is 75.7 Å². The molecule has 180 valence electrons. The second-order valence-corrected chi connectivity index (χ2v) is 10.1. The molecular weight excluding hydrogens is 448 g/mol. The second-order valence-electron chi connectivity index (χ2n) is 8.15. The van der Waals surface area contributed by atoms with Crippen molar-refractivity contribution in [3.8, 4) is 5.75 Å². The molecule has 3 aromatic carbocycles. The molecule has 7 heteroatoms. The Bertz CT molecular complexity index is 1150. The zero-order valence-electron chi connectivity index (χ0n) is 19.7. The number of hydrogen-bond acceptors (Lipinski definition) is 4. The number of aryl methyl sites for hydroxylation is 1. The number of rotatable bonds is 12. The van der Waals surface area contributed by atoms with Crippen molar-refractivity contribution in [2.45, 2.75) is 32.7 Å². The van der Waals surface area contributed by atoms with E-state index in [4.69, 9.17) is 4.74 Å². The average Bonchev–Trinajstić information content (AvgIpc) is 2.84. The summed E-state index contributed by atoms with van der Waals surface area (Å²) < 4.78 is 31.9. The number of anilines is 1. The Morgan fingerprint density at radius 1 is 0.912 bits per heavy atom. The number of carbonyl (C=O) groups is 1. The SMILES string of the molecule is CCCCc1ccc(N(Cc2ccc(C(=O)NCCOc3ccccc3)cc2)S(C)(=O)=O)cc1. The Labute approximate surface area is 202 Å². The summed E-state index contributed by atoms with van der Waals surface area (Å²) >= 11 is 0. The molecule has 34 heavy (non-hydrogen) atoms. The maximum absolute atomic E-state index is 12.5. The van der Waals surface area contributed by atoms with E-state index < -0.39 is 10.0 Å². The normalized spacial score (nSPS) is 11.1. The quantitative estimate of drug-likeness (QED) is 0.378. The summed E-state index contributed by atoms with van der Waals surface area (Å²) in [5, 5.41) is 2.83. The van der Waals surface area contributed by atoms with Crippen LogP contribution in [-0.2, 0) is 23.0 Å². The van der Waals surface area contributed by atoms with Gasteiger partial charge >= 0.3 is 0 Å². The maximum atomic E-state index is 12.5. The fraction of sp³-hybridized carbons (Fsp3) is 0.296. The van der Waals surface area contributed by atoms with Crippen LogP contribution in [0.5, 0.6) is 5.75 Å². The highest BCUT2D eigenvalue weighted by Gasteiger charge is 2.18. The van der Waals surface area contributed by atoms with Gasteiger partial charge in [0, 0.05) is 5.56 Å². The number of nitrogens with one attached hydrogen (secondary N) is 1. The lowest BCUT2D eigenvalue weighted by Crippen LogP contribution is -2.29. The number of unbranched alkanes of at least 4 members (excludes halogenated alkanes) is 1. The van der Waals surface area contributed by atoms with Crippen molar-refractivity contribution in [1.82, 2.24) is 5.32 Å². The van der Waals surface area contributed by atoms with Gasteiger partial charge in [-0.25, -0.2) is 8.42 Å². The van der Waals surface area contributed by atoms with Crippen molar-refractivity contribution < 1.29 is 17.9 Å². The Hall–Kier alpha value is -3.32. The lowest BCUT2D eigenvalue weighted by atomic mass is 10.1. The van der Waals surface area contributed by atoms with Crippen LogP contribution in [0, 0.1) is 0 Å². The van der Waals surface area contributed by atoms with E-state index in [0.29, 0.717) is 24.4 Å². The summed E-state index contributed by atoms with van der Waals surface area (Å²) in [7, 11) is -3.47. The number of nitrogens with zero attached hydrogens (tertiary/aromatic N) is 1. The number of amides is 1. The highest BCUT2D eigenvalue weighted by molar-refractivity contribution is 7.92. The molecule has 0 unspecified atom stereocenters. The van der Waals surface area contributed by atoms with Gasteiger partial charge in [0.1, 0.15) is 12.4 Å². The third kappa shape index (κ3) is 7.63. The van der Waals surface area contributed by atoms with E-state index >= 15 is 0 Å². The molecule has 3 rings (SSSR count). The third-order valence-electron chi connectivity index (χ3n) is 5.39. The Kier molecular flexibility index (Phi) is 9.10. The van der Waals surface area contributed by atoms with Crippen molar-refractivity contribution in [2.75, 3.05) is 23.7 Å². The van der Waals surface area contributed by atoms with E-state index in [1.807, 2.05) is 54.6 Å². The van der Waals surface area contributed by atoms with Crippen LogP contribution in [0.2, 0.25) is 0 Å². The third-order valence-corrected chi connectivity index (χ3v) is 6.53. The first kappa shape index (κ1) is 25.3. The minimum atomic E-state index is -3.47. The molecule has 0 aliphatic rings. The molecule has 0 saturated heterocycles. The number of hydrogen-bond donors (Lipinski definition) is 1. The minimum Gasteiger partial charge on any atom is -0.492 e. The van der Waals surface area contributed by atoms with E-state index in [-0.39, 0.29) is 12.5 Å². The van der Waals surface area contributed by atoms with Crippen LogP contribution in [0.25, 0.3) is 0 Å². The van der Waals surface area contributed by atoms with E-state index in [2.05, 4.69) is 12.2 Å². The molecular formula is C27H32N2O4S. The molecule has 0 fully saturated rings. The zero-order chi connectivity index (χ0) is 24.4. The Balaban J connectivity index is 1.58. The second kappa shape index (κ2) is 12.2. The van der Waals surface area contributed by atoms with Gasteiger partial charge < -0.3 is 10.1 Å². The number of para-hydroxylation sites is 1. The largest absolute Gasteiger partial charge is 0.492 e. The molecule has 0 heterocycles. The van der Waals surface area contributed by atoms with Crippen LogP contribution in [0.15, 0.2) is 78.9 Å². The smallest absolute Gasteiger partial charge is 0.251 e. The standard InChI is InChI=1S/C27H32N2O4S/c1-3-4-8-22-13-17-25(18-14-22)29(34(2,31)32)21-23-11-15-24(16-12-23)27(30)28-19-20-33-26-9-6-5-7-10-26/h5-7,9-18H,3-4,8,19-21H2,1-2H3,(H,28,30). The van der Waals surface area contributed by atoms with Crippen LogP contribution in [-0.4, -0.2) is 33.7 Å². The summed E-state index contributed by atoms with van der Waals surface area (Å²) in [4.78, 5) is 12.4. The summed E-state index contributed by atoms with van der Waals surface area (Å²) in [6.45, 7) is 3.09. The predicted molar refractivity (Wildman–Crippen MR) is 137 cm³/mol. The molecule has 0 spiro atoms. The van der Waals surface area contributed by atoms with Crippen molar-refractivity contribution in [3.05, 3.63) is 95.6 Å². The molecule has 0 aromatic heterocycles. The monoisotopic (exact) mass is 480 g/mol. The fourth-order valence-corrected chi connectivity index (χ4v) is 4.38. The van der Waals surface area contributed by atoms with E-state index in [9.17, 15) is 13.2 Å². The molecule has 0 aliphatic carbocycles. The van der Waals surface area contributed by atoms with Gasteiger partial charge in [0.2, 0.25) is 10.0 Å². The molecule has 0 aliphatic heterocycles. The highest BCUT2D eigenvalue weighted by Crippen LogP contribution is 2.22. The predicted octanol–water partition coefficient (Wildman–Crippen LogP) is 4.80. The number of benzene rings is 3. The Morgan fingerprint density at radius 2 is 1.56 bits per heavy atom. The van der Waals surface area contributed by atoms with Crippen LogP contribution in [0.3, 0.4) is 0 Å². The first-order valence-corrected chi connectivity index (χ1v) is 13.3. The van der Waals surface area contributed by atoms with Gasteiger partial charge in [0.25, 0.3) is 5.91 Å². The van der Waals surface area contributed by atoms with E-state index in [1.165, 1.54) is 16.1 Å². The zero-order valence-corrected chi connectivity index (χ0v) is 20.6. The van der Waals surface area contributed by atoms with Crippen LogP contribution >= 0.6 is 0 Å². The summed E-state index contributed by atoms with van der Waals surface area (Å²) in [5.41, 5.74) is 3.13. The Morgan fingerprint density at radius 3 is 2.18 bits per heavy atom. The van der Waals surface area contributed by atoms with Gasteiger partial charge in [-0.15, -0.1) is 0 Å². The van der Waals surface area contributed by atoms with Crippen molar-refractivity contribution in [1.29, 1.82) is 0 Å². The van der Waals surface area contributed by atoms with Gasteiger partial charge in [-0.3, -0.25) is 9.10 Å². The van der Waals surface area contributed by atoms with E-state index in [1.54, 1.807) is 24.3 Å². The molecule has 3 aromatic rings. The minimum absolute atomic E-state index is 0.194. The molecule has 0 bridgehead atoms. The van der Waals surface area contributed by atoms with E-state index in [0.717, 1.165) is 30.6 Å². The number of carbonyl (C=O) groups excluding carboxylic acids is 1. The first-order chi connectivity index (χ1) is 16.4. The summed E-state index contributed by atoms with van der Waals surface area (Å²) in [6, 6.07) is 24.1. The number of ether oxygens (including phenoxy) is 1. The number of sulfonamides is 1. The maximum Gasteiger partial charge on any atom is 0.251 e. The van der Waals surface area contributed by atoms with Crippen LogP contribution < -0.4 is 14.4 Å². The highest BCUT2D eigenvalue weighted by atomic mass is 32.2. The lowest BCUT2D eigenvalue weighted by Gasteiger charge is -2.23. The summed E-state index contributed by atoms with van der Waals surface area (Å²) in [5.74, 6) is 0.554. The molecule has 0 radical (unpaired) electrons. The van der Waals surface area contributed by atoms with Gasteiger partial charge in [-0.05, 0) is 60.4 Å². The fourth-order valence-electron chi connectivity index (χ4n) is 3.49. The molecule has 0 saturated carbocycles. The van der Waals surface area contributed by atoms with Gasteiger partial charge in [-0.1, -0.05) is 55.8 Å².